The number of benzene rings is 2. The highest BCUT2D eigenvalue weighted by molar-refractivity contribution is 5.64. The molecule has 0 aliphatic carbocycles. The summed E-state index contributed by atoms with van der Waals surface area (Å²) in [5.41, 5.74) is 3.43. The molecule has 0 amide bonds. The Morgan fingerprint density at radius 2 is 1.80 bits per heavy atom. The van der Waals surface area contributed by atoms with Gasteiger partial charge in [-0.25, -0.2) is 4.99 Å². The molecule has 1 aliphatic heterocycles. The van der Waals surface area contributed by atoms with Crippen LogP contribution in [-0.2, 0) is 27.9 Å². The molecule has 0 spiro atoms. The summed E-state index contributed by atoms with van der Waals surface area (Å²) in [6, 6.07) is 9.18. The first-order valence-electron chi connectivity index (χ1n) is 9.88. The largest absolute Gasteiger partial charge is 0.416 e. The van der Waals surface area contributed by atoms with Crippen molar-refractivity contribution in [3.8, 4) is 0 Å². The van der Waals surface area contributed by atoms with Crippen LogP contribution in [0.3, 0.4) is 0 Å². The Bertz CT molecular complexity index is 904. The first-order valence-corrected chi connectivity index (χ1v) is 9.88. The Morgan fingerprint density at radius 3 is 2.33 bits per heavy atom. The summed E-state index contributed by atoms with van der Waals surface area (Å²) < 4.78 is 49.9. The van der Waals surface area contributed by atoms with Gasteiger partial charge in [0.15, 0.2) is 0 Å². The molecule has 0 unspecified atom stereocenters. The molecule has 0 bridgehead atoms. The Kier molecular flexibility index (Phi) is 6.53. The lowest BCUT2D eigenvalue weighted by molar-refractivity contribution is -0.223. The van der Waals surface area contributed by atoms with Crippen LogP contribution in [0.4, 0.5) is 18.9 Å². The quantitative estimate of drug-likeness (QED) is 0.446. The SMILES string of the molecule is CCN(C)C=Nc1cc(C)c(C2(OCc3ccc(C(F)(F)F)cc3)COC2)cc1C. The zero-order chi connectivity index (χ0) is 21.9. The van der Waals surface area contributed by atoms with E-state index in [9.17, 15) is 13.2 Å². The molecule has 0 aromatic heterocycles. The number of aliphatic imine (C=N–C) groups is 1. The average Bonchev–Trinajstić information content (AvgIpc) is 2.67. The van der Waals surface area contributed by atoms with Crippen molar-refractivity contribution in [2.24, 2.45) is 4.99 Å². The highest BCUT2D eigenvalue weighted by Gasteiger charge is 2.43. The van der Waals surface area contributed by atoms with Crippen LogP contribution >= 0.6 is 0 Å². The van der Waals surface area contributed by atoms with E-state index in [-0.39, 0.29) is 6.61 Å². The fourth-order valence-electron chi connectivity index (χ4n) is 3.29. The van der Waals surface area contributed by atoms with Crippen LogP contribution in [0.15, 0.2) is 41.4 Å². The lowest BCUT2D eigenvalue weighted by Crippen LogP contribution is -2.49. The summed E-state index contributed by atoms with van der Waals surface area (Å²) in [6.45, 7) is 7.98. The van der Waals surface area contributed by atoms with Gasteiger partial charge in [-0.3, -0.25) is 0 Å². The molecule has 2 aromatic carbocycles. The zero-order valence-corrected chi connectivity index (χ0v) is 17.7. The van der Waals surface area contributed by atoms with E-state index in [1.54, 1.807) is 0 Å². The number of nitrogens with zero attached hydrogens (tertiary/aromatic N) is 2. The molecular formula is C23H27F3N2O2. The second-order valence-electron chi connectivity index (χ2n) is 7.74. The lowest BCUT2D eigenvalue weighted by Gasteiger charge is -2.42. The molecule has 0 radical (unpaired) electrons. The average molecular weight is 420 g/mol. The van der Waals surface area contributed by atoms with Gasteiger partial charge in [0.25, 0.3) is 0 Å². The van der Waals surface area contributed by atoms with E-state index in [1.807, 2.05) is 38.2 Å². The molecule has 30 heavy (non-hydrogen) atoms. The third-order valence-electron chi connectivity index (χ3n) is 5.39. The maximum Gasteiger partial charge on any atom is 0.416 e. The first-order chi connectivity index (χ1) is 14.1. The molecule has 162 valence electrons. The minimum absolute atomic E-state index is 0.210. The molecule has 2 aromatic rings. The number of rotatable bonds is 7. The van der Waals surface area contributed by atoms with Crippen LogP contribution < -0.4 is 0 Å². The number of halogens is 3. The Hall–Kier alpha value is -2.38. The zero-order valence-electron chi connectivity index (χ0n) is 17.7. The number of ether oxygens (including phenoxy) is 2. The van der Waals surface area contributed by atoms with Crippen LogP contribution in [0.25, 0.3) is 0 Å². The summed E-state index contributed by atoms with van der Waals surface area (Å²) in [6.07, 6.45) is -2.53. The fraction of sp³-hybridized carbons (Fsp3) is 0.435. The van der Waals surface area contributed by atoms with Crippen molar-refractivity contribution in [3.63, 3.8) is 0 Å². The molecule has 0 saturated carbocycles. The van der Waals surface area contributed by atoms with Gasteiger partial charge in [-0.1, -0.05) is 18.2 Å². The number of aryl methyl sites for hydroxylation is 2. The second kappa shape index (κ2) is 8.78. The standard InChI is InChI=1S/C23H27F3N2O2/c1-5-28(4)15-27-21-11-16(2)20(10-17(21)3)22(13-29-14-22)30-12-18-6-8-19(9-7-18)23(24,25)26/h6-11,15H,5,12-14H2,1-4H3. The number of alkyl halides is 3. The van der Waals surface area contributed by atoms with Gasteiger partial charge in [0, 0.05) is 13.6 Å². The normalized spacial score (nSPS) is 16.0. The Labute approximate surface area is 175 Å². The van der Waals surface area contributed by atoms with E-state index < -0.39 is 17.3 Å². The minimum Gasteiger partial charge on any atom is -0.375 e. The van der Waals surface area contributed by atoms with Crippen molar-refractivity contribution in [1.82, 2.24) is 4.90 Å². The van der Waals surface area contributed by atoms with Crippen molar-refractivity contribution in [3.05, 3.63) is 64.2 Å². The number of hydrogen-bond acceptors (Lipinski definition) is 3. The van der Waals surface area contributed by atoms with Crippen LogP contribution in [-0.4, -0.2) is 38.0 Å². The summed E-state index contributed by atoms with van der Waals surface area (Å²) in [5.74, 6) is 0. The molecule has 0 N–H and O–H groups in total. The molecular weight excluding hydrogens is 393 g/mol. The smallest absolute Gasteiger partial charge is 0.375 e. The summed E-state index contributed by atoms with van der Waals surface area (Å²) >= 11 is 0. The van der Waals surface area contributed by atoms with E-state index in [4.69, 9.17) is 9.47 Å². The Morgan fingerprint density at radius 1 is 1.13 bits per heavy atom. The molecule has 7 heteroatoms. The van der Waals surface area contributed by atoms with Crippen LogP contribution in [0.5, 0.6) is 0 Å². The molecule has 1 heterocycles. The van der Waals surface area contributed by atoms with Gasteiger partial charge in [0.05, 0.1) is 37.4 Å². The third-order valence-corrected chi connectivity index (χ3v) is 5.39. The van der Waals surface area contributed by atoms with Gasteiger partial charge in [-0.2, -0.15) is 13.2 Å². The predicted octanol–water partition coefficient (Wildman–Crippen LogP) is 5.38. The predicted molar refractivity (Wildman–Crippen MR) is 111 cm³/mol. The summed E-state index contributed by atoms with van der Waals surface area (Å²) in [5, 5.41) is 0. The van der Waals surface area contributed by atoms with Crippen LogP contribution in [0, 0.1) is 13.8 Å². The topological polar surface area (TPSA) is 34.1 Å². The van der Waals surface area contributed by atoms with Gasteiger partial charge < -0.3 is 14.4 Å². The summed E-state index contributed by atoms with van der Waals surface area (Å²) in [4.78, 5) is 6.56. The van der Waals surface area contributed by atoms with E-state index >= 15 is 0 Å². The molecule has 4 nitrogen and oxygen atoms in total. The fourth-order valence-corrected chi connectivity index (χ4v) is 3.29. The van der Waals surface area contributed by atoms with Gasteiger partial charge in [0.1, 0.15) is 5.60 Å². The maximum atomic E-state index is 12.8. The maximum absolute atomic E-state index is 12.8. The summed E-state index contributed by atoms with van der Waals surface area (Å²) in [7, 11) is 1.97. The second-order valence-corrected chi connectivity index (χ2v) is 7.74. The Balaban J connectivity index is 1.78. The van der Waals surface area contributed by atoms with E-state index in [0.29, 0.717) is 18.8 Å². The number of hydrogen-bond donors (Lipinski definition) is 0. The van der Waals surface area contributed by atoms with Crippen LogP contribution in [0.1, 0.15) is 34.7 Å². The molecule has 1 aliphatic rings. The highest BCUT2D eigenvalue weighted by atomic mass is 19.4. The van der Waals surface area contributed by atoms with Crippen molar-refractivity contribution in [2.45, 2.75) is 39.2 Å². The lowest BCUT2D eigenvalue weighted by atomic mass is 9.86. The molecule has 1 fully saturated rings. The van der Waals surface area contributed by atoms with Gasteiger partial charge in [0.2, 0.25) is 0 Å². The molecule has 0 atom stereocenters. The van der Waals surface area contributed by atoms with Gasteiger partial charge in [-0.05, 0) is 61.2 Å². The van der Waals surface area contributed by atoms with Gasteiger partial charge in [-0.15, -0.1) is 0 Å². The minimum atomic E-state index is -4.34. The van der Waals surface area contributed by atoms with Crippen molar-refractivity contribution < 1.29 is 22.6 Å². The van der Waals surface area contributed by atoms with Crippen molar-refractivity contribution >= 4 is 12.0 Å². The highest BCUT2D eigenvalue weighted by Crippen LogP contribution is 2.39. The van der Waals surface area contributed by atoms with E-state index in [2.05, 4.69) is 18.0 Å². The third kappa shape index (κ3) is 4.84. The van der Waals surface area contributed by atoms with Crippen molar-refractivity contribution in [1.29, 1.82) is 0 Å². The van der Waals surface area contributed by atoms with E-state index in [1.165, 1.54) is 12.1 Å². The molecule has 3 rings (SSSR count). The van der Waals surface area contributed by atoms with Gasteiger partial charge >= 0.3 is 6.18 Å². The molecule has 1 saturated heterocycles. The van der Waals surface area contributed by atoms with Crippen LogP contribution in [0.2, 0.25) is 0 Å². The van der Waals surface area contributed by atoms with Crippen molar-refractivity contribution in [2.75, 3.05) is 26.8 Å². The van der Waals surface area contributed by atoms with E-state index in [0.717, 1.165) is 41.1 Å². The first kappa shape index (κ1) is 22.3. The monoisotopic (exact) mass is 420 g/mol.